The molecule has 0 amide bonds. The predicted molar refractivity (Wildman–Crippen MR) is 141 cm³/mol. The number of phenolic OH excluding ortho intramolecular Hbond substituents is 1. The average molecular weight is 496 g/mol. The second-order valence-corrected chi connectivity index (χ2v) is 9.53. The van der Waals surface area contributed by atoms with Crippen molar-refractivity contribution >= 4 is 17.5 Å². The molecule has 0 saturated carbocycles. The number of hydrogen-bond acceptors (Lipinski definition) is 6. The van der Waals surface area contributed by atoms with Crippen LogP contribution in [-0.2, 0) is 20.9 Å². The molecule has 0 saturated heterocycles. The molecule has 3 aromatic rings. The number of nitrogens with zero attached hydrogens (tertiary/aromatic N) is 1. The lowest BCUT2D eigenvalue weighted by atomic mass is 9.69. The predicted octanol–water partition coefficient (Wildman–Crippen LogP) is 5.72. The third-order valence-corrected chi connectivity index (χ3v) is 7.20. The molecular weight excluding hydrogens is 466 g/mol. The van der Waals surface area contributed by atoms with Crippen LogP contribution in [-0.4, -0.2) is 29.7 Å². The number of rotatable bonds is 6. The first-order valence-corrected chi connectivity index (χ1v) is 12.4. The second-order valence-electron chi connectivity index (χ2n) is 9.53. The first-order valence-electron chi connectivity index (χ1n) is 12.4. The summed E-state index contributed by atoms with van der Waals surface area (Å²) >= 11 is 0. The van der Waals surface area contributed by atoms with E-state index in [0.717, 1.165) is 11.1 Å². The molecule has 1 N–H and O–H groups in total. The van der Waals surface area contributed by atoms with Crippen LogP contribution in [0.4, 0.5) is 0 Å². The molecule has 3 aromatic carbocycles. The number of hydrogen-bond donors (Lipinski definition) is 1. The van der Waals surface area contributed by atoms with E-state index >= 15 is 0 Å². The minimum absolute atomic E-state index is 0.0102. The monoisotopic (exact) mass is 495 g/mol. The maximum atomic E-state index is 13.7. The molecule has 5 rings (SSSR count). The number of allylic oxidation sites excluding steroid dienone is 2. The van der Waals surface area contributed by atoms with Crippen molar-refractivity contribution in [1.82, 2.24) is 0 Å². The van der Waals surface area contributed by atoms with Crippen LogP contribution in [0.15, 0.2) is 95.1 Å². The lowest BCUT2D eigenvalue weighted by molar-refractivity contribution is -0.148. The molecule has 0 radical (unpaired) electrons. The number of Topliss-reactive ketones (excluding diaryl/α,β-unsaturated/α-hetero) is 1. The first kappa shape index (κ1) is 24.5. The zero-order chi connectivity index (χ0) is 25.9. The Morgan fingerprint density at radius 2 is 1.68 bits per heavy atom. The third-order valence-electron chi connectivity index (χ3n) is 7.20. The summed E-state index contributed by atoms with van der Waals surface area (Å²) < 4.78 is 11.1. The number of methoxy groups -OCH3 is 1. The molecule has 1 unspecified atom stereocenters. The lowest BCUT2D eigenvalue weighted by Gasteiger charge is -2.36. The Hall–Kier alpha value is -4.19. The number of phenols is 1. The summed E-state index contributed by atoms with van der Waals surface area (Å²) in [5.74, 6) is -1.52. The highest BCUT2D eigenvalue weighted by atomic mass is 16.5. The zero-order valence-electron chi connectivity index (χ0n) is 20.9. The van der Waals surface area contributed by atoms with Gasteiger partial charge in [0.15, 0.2) is 17.3 Å². The zero-order valence-corrected chi connectivity index (χ0v) is 20.9. The van der Waals surface area contributed by atoms with Gasteiger partial charge >= 0.3 is 5.97 Å². The highest BCUT2D eigenvalue weighted by Gasteiger charge is 2.45. The van der Waals surface area contributed by atoms with Crippen LogP contribution in [0.1, 0.15) is 48.3 Å². The van der Waals surface area contributed by atoms with E-state index in [1.54, 1.807) is 12.1 Å². The van der Waals surface area contributed by atoms with Crippen molar-refractivity contribution in [2.45, 2.75) is 38.2 Å². The molecule has 6 heteroatoms. The van der Waals surface area contributed by atoms with Crippen LogP contribution in [0.2, 0.25) is 0 Å². The van der Waals surface area contributed by atoms with Gasteiger partial charge in [-0.15, -0.1) is 0 Å². The Labute approximate surface area is 216 Å². The Morgan fingerprint density at radius 1 is 0.973 bits per heavy atom. The normalized spacial score (nSPS) is 21.2. The number of ether oxygens (including phenoxy) is 2. The SMILES string of the molecule is COc1cc([C@@H]2C3=C(C[C@@H](c4ccccc4)CC3=O)N=C(C)C2C(=O)OCc2ccccc2)ccc1O. The number of ketones is 1. The molecule has 0 bridgehead atoms. The van der Waals surface area contributed by atoms with Crippen molar-refractivity contribution in [2.24, 2.45) is 10.9 Å². The van der Waals surface area contributed by atoms with Crippen molar-refractivity contribution in [3.05, 3.63) is 107 Å². The quantitative estimate of drug-likeness (QED) is 0.442. The summed E-state index contributed by atoms with van der Waals surface area (Å²) in [6, 6.07) is 24.4. The lowest BCUT2D eigenvalue weighted by Crippen LogP contribution is -2.38. The van der Waals surface area contributed by atoms with Gasteiger partial charge in [-0.25, -0.2) is 0 Å². The van der Waals surface area contributed by atoms with Gasteiger partial charge in [0.05, 0.1) is 7.11 Å². The Balaban J connectivity index is 1.54. The average Bonchev–Trinajstić information content (AvgIpc) is 2.92. The van der Waals surface area contributed by atoms with Crippen molar-refractivity contribution < 1.29 is 24.2 Å². The highest BCUT2D eigenvalue weighted by Crippen LogP contribution is 2.47. The van der Waals surface area contributed by atoms with Crippen LogP contribution in [0.3, 0.4) is 0 Å². The van der Waals surface area contributed by atoms with E-state index in [1.807, 2.05) is 67.6 Å². The number of esters is 1. The molecule has 0 spiro atoms. The summed E-state index contributed by atoms with van der Waals surface area (Å²) in [5.41, 5.74) is 4.55. The summed E-state index contributed by atoms with van der Waals surface area (Å²) in [5, 5.41) is 10.2. The molecule has 2 aliphatic rings. The minimum atomic E-state index is -0.770. The molecular formula is C31H29NO5. The Kier molecular flexibility index (Phi) is 6.91. The fourth-order valence-electron chi connectivity index (χ4n) is 5.39. The van der Waals surface area contributed by atoms with Crippen LogP contribution >= 0.6 is 0 Å². The standard InChI is InChI=1S/C31H29NO5/c1-19-28(31(35)37-18-20-9-5-3-6-10-20)29(22-13-14-25(33)27(17-22)36-2)30-24(32-19)15-23(16-26(30)34)21-11-7-4-8-12-21/h3-14,17,23,28-29,33H,15-16,18H2,1-2H3/t23-,28?,29+/m1/s1. The Bertz CT molecular complexity index is 1380. The van der Waals surface area contributed by atoms with Gasteiger partial charge in [-0.05, 0) is 48.1 Å². The maximum Gasteiger partial charge on any atom is 0.315 e. The van der Waals surface area contributed by atoms with Crippen LogP contribution in [0.25, 0.3) is 0 Å². The molecule has 3 atom stereocenters. The molecule has 0 aromatic heterocycles. The van der Waals surface area contributed by atoms with E-state index in [9.17, 15) is 14.7 Å². The second kappa shape index (κ2) is 10.4. The van der Waals surface area contributed by atoms with Gasteiger partial charge in [0.1, 0.15) is 12.5 Å². The number of carbonyl (C=O) groups is 2. The van der Waals surface area contributed by atoms with Crippen LogP contribution in [0.5, 0.6) is 11.5 Å². The van der Waals surface area contributed by atoms with Crippen molar-refractivity contribution in [3.8, 4) is 11.5 Å². The fourth-order valence-corrected chi connectivity index (χ4v) is 5.39. The molecule has 188 valence electrons. The number of aromatic hydroxyl groups is 1. The molecule has 0 fully saturated rings. The van der Waals surface area contributed by atoms with E-state index in [2.05, 4.69) is 0 Å². The fraction of sp³-hybridized carbons (Fsp3) is 0.258. The van der Waals surface area contributed by atoms with Gasteiger partial charge in [0.25, 0.3) is 0 Å². The van der Waals surface area contributed by atoms with E-state index in [0.29, 0.717) is 35.4 Å². The van der Waals surface area contributed by atoms with Crippen molar-refractivity contribution in [1.29, 1.82) is 0 Å². The third kappa shape index (κ3) is 4.92. The van der Waals surface area contributed by atoms with E-state index < -0.39 is 17.8 Å². The van der Waals surface area contributed by atoms with Crippen molar-refractivity contribution in [2.75, 3.05) is 7.11 Å². The smallest absolute Gasteiger partial charge is 0.315 e. The van der Waals surface area contributed by atoms with Gasteiger partial charge in [0, 0.05) is 29.3 Å². The topological polar surface area (TPSA) is 85.2 Å². The summed E-state index contributed by atoms with van der Waals surface area (Å²) in [6.07, 6.45) is 0.953. The van der Waals surface area contributed by atoms with E-state index in [1.165, 1.54) is 13.2 Å². The minimum Gasteiger partial charge on any atom is -0.504 e. The van der Waals surface area contributed by atoms with Crippen LogP contribution in [0, 0.1) is 5.92 Å². The first-order chi connectivity index (χ1) is 18.0. The largest absolute Gasteiger partial charge is 0.504 e. The van der Waals surface area contributed by atoms with Gasteiger partial charge < -0.3 is 14.6 Å². The van der Waals surface area contributed by atoms with Crippen molar-refractivity contribution in [3.63, 3.8) is 0 Å². The molecule has 37 heavy (non-hydrogen) atoms. The number of carbonyl (C=O) groups excluding carboxylic acids is 2. The number of benzene rings is 3. The molecule has 1 aliphatic heterocycles. The number of aliphatic imine (C=N–C) groups is 1. The summed E-state index contributed by atoms with van der Waals surface area (Å²) in [6.45, 7) is 1.95. The Morgan fingerprint density at radius 3 is 2.38 bits per heavy atom. The van der Waals surface area contributed by atoms with E-state index in [-0.39, 0.29) is 29.8 Å². The van der Waals surface area contributed by atoms with Gasteiger partial charge in [-0.2, -0.15) is 0 Å². The molecule has 1 aliphatic carbocycles. The van der Waals surface area contributed by atoms with E-state index in [4.69, 9.17) is 14.5 Å². The van der Waals surface area contributed by atoms with Gasteiger partial charge in [0.2, 0.25) is 0 Å². The maximum absolute atomic E-state index is 13.7. The molecule has 6 nitrogen and oxygen atoms in total. The summed E-state index contributed by atoms with van der Waals surface area (Å²) in [4.78, 5) is 32.1. The molecule has 1 heterocycles. The van der Waals surface area contributed by atoms with Crippen LogP contribution < -0.4 is 4.74 Å². The van der Waals surface area contributed by atoms with Gasteiger partial charge in [-0.3, -0.25) is 14.6 Å². The summed E-state index contributed by atoms with van der Waals surface area (Å²) in [7, 11) is 1.47. The highest BCUT2D eigenvalue weighted by molar-refractivity contribution is 6.09. The van der Waals surface area contributed by atoms with Gasteiger partial charge in [-0.1, -0.05) is 66.7 Å².